The van der Waals surface area contributed by atoms with Gasteiger partial charge in [-0.15, -0.1) is 0 Å². The van der Waals surface area contributed by atoms with Gasteiger partial charge in [0.1, 0.15) is 0 Å². The second-order valence-corrected chi connectivity index (χ2v) is 16.5. The largest absolute Gasteiger partial charge is 0.309 e. The molecular formula is C55H39N3. The Morgan fingerprint density at radius 1 is 0.466 bits per heavy atom. The topological polar surface area (TPSA) is 30.7 Å². The van der Waals surface area contributed by atoms with Crippen LogP contribution in [0.2, 0.25) is 0 Å². The molecule has 10 aromatic rings. The second-order valence-electron chi connectivity index (χ2n) is 16.5. The number of benzene rings is 8. The molecule has 274 valence electrons. The zero-order chi connectivity index (χ0) is 38.5. The fourth-order valence-electron chi connectivity index (χ4n) is 10.2. The molecule has 0 spiro atoms. The van der Waals surface area contributed by atoms with Gasteiger partial charge >= 0.3 is 0 Å². The molecular weight excluding hydrogens is 703 g/mol. The minimum Gasteiger partial charge on any atom is -0.309 e. The van der Waals surface area contributed by atoms with E-state index in [4.69, 9.17) is 9.97 Å². The molecule has 0 amide bonds. The van der Waals surface area contributed by atoms with Gasteiger partial charge in [0.05, 0.1) is 22.1 Å². The van der Waals surface area contributed by atoms with E-state index in [1.807, 2.05) is 0 Å². The van der Waals surface area contributed by atoms with Gasteiger partial charge in [-0.05, 0) is 122 Å². The third-order valence-corrected chi connectivity index (χ3v) is 13.0. The summed E-state index contributed by atoms with van der Waals surface area (Å²) in [6, 6.07) is 58.2. The smallest absolute Gasteiger partial charge is 0.0971 e. The van der Waals surface area contributed by atoms with Crippen molar-refractivity contribution in [1.29, 1.82) is 0 Å². The zero-order valence-electron chi connectivity index (χ0n) is 32.5. The summed E-state index contributed by atoms with van der Waals surface area (Å²) in [5, 5.41) is 7.26. The first kappa shape index (κ1) is 33.1. The van der Waals surface area contributed by atoms with Gasteiger partial charge in [-0.3, -0.25) is 9.97 Å². The maximum Gasteiger partial charge on any atom is 0.0971 e. The van der Waals surface area contributed by atoms with E-state index >= 15 is 0 Å². The van der Waals surface area contributed by atoms with Crippen molar-refractivity contribution in [3.8, 4) is 27.9 Å². The third-order valence-electron chi connectivity index (χ3n) is 13.0. The van der Waals surface area contributed by atoms with Gasteiger partial charge in [0.2, 0.25) is 0 Å². The molecule has 2 aromatic heterocycles. The molecule has 0 saturated heterocycles. The highest BCUT2D eigenvalue weighted by Crippen LogP contribution is 2.53. The van der Waals surface area contributed by atoms with Crippen molar-refractivity contribution in [2.75, 3.05) is 0 Å². The van der Waals surface area contributed by atoms with Gasteiger partial charge in [-0.2, -0.15) is 0 Å². The van der Waals surface area contributed by atoms with Crippen LogP contribution in [0, 0.1) is 0 Å². The van der Waals surface area contributed by atoms with Crippen LogP contribution in [0.25, 0.3) is 93.5 Å². The summed E-state index contributed by atoms with van der Waals surface area (Å²) in [5.74, 6) is 0. The van der Waals surface area contributed by atoms with E-state index in [0.717, 1.165) is 34.6 Å². The van der Waals surface area contributed by atoms with Crippen LogP contribution in [0.5, 0.6) is 0 Å². The van der Waals surface area contributed by atoms with E-state index < -0.39 is 0 Å². The van der Waals surface area contributed by atoms with Crippen LogP contribution < -0.4 is 0 Å². The summed E-state index contributed by atoms with van der Waals surface area (Å²) in [6.45, 7) is 4.83. The average molecular weight is 742 g/mol. The minimum atomic E-state index is -0.115. The van der Waals surface area contributed by atoms with Crippen LogP contribution in [0.4, 0.5) is 0 Å². The zero-order valence-corrected chi connectivity index (χ0v) is 32.5. The van der Waals surface area contributed by atoms with E-state index in [0.29, 0.717) is 0 Å². The molecule has 0 fully saturated rings. The van der Waals surface area contributed by atoms with Gasteiger partial charge < -0.3 is 4.57 Å². The van der Waals surface area contributed by atoms with E-state index in [2.05, 4.69) is 182 Å². The fourth-order valence-corrected chi connectivity index (χ4v) is 10.2. The van der Waals surface area contributed by atoms with Crippen LogP contribution in [-0.2, 0) is 5.41 Å². The highest BCUT2D eigenvalue weighted by atomic mass is 15.0. The molecule has 3 heteroatoms. The molecule has 0 atom stereocenters. The monoisotopic (exact) mass is 741 g/mol. The Morgan fingerprint density at radius 2 is 1.09 bits per heavy atom. The molecule has 0 saturated carbocycles. The molecule has 0 unspecified atom stereocenters. The first-order valence-electron chi connectivity index (χ1n) is 20.4. The molecule has 0 N–H and O–H groups in total. The van der Waals surface area contributed by atoms with Crippen LogP contribution in [-0.4, -0.2) is 14.5 Å². The third kappa shape index (κ3) is 4.86. The quantitative estimate of drug-likeness (QED) is 0.168. The predicted molar refractivity (Wildman–Crippen MR) is 243 cm³/mol. The van der Waals surface area contributed by atoms with E-state index in [-0.39, 0.29) is 5.41 Å². The van der Waals surface area contributed by atoms with Gasteiger partial charge in [-0.25, -0.2) is 0 Å². The molecule has 0 radical (unpaired) electrons. The molecule has 8 aromatic carbocycles. The average Bonchev–Trinajstić information content (AvgIpc) is 3.73. The summed E-state index contributed by atoms with van der Waals surface area (Å²) >= 11 is 0. The van der Waals surface area contributed by atoms with Crippen molar-refractivity contribution >= 4 is 65.5 Å². The predicted octanol–water partition coefficient (Wildman–Crippen LogP) is 14.3. The highest BCUT2D eigenvalue weighted by Gasteiger charge is 2.38. The number of fused-ring (bicyclic) bond motifs is 11. The van der Waals surface area contributed by atoms with Crippen molar-refractivity contribution < 1.29 is 0 Å². The summed E-state index contributed by atoms with van der Waals surface area (Å²) in [7, 11) is 0. The number of hydrogen-bond donors (Lipinski definition) is 0. The van der Waals surface area contributed by atoms with Gasteiger partial charge in [0.25, 0.3) is 0 Å². The standard InChI is InChI=1S/C55H39N3/c1-55(2)49-31-37(35-12-10-11-34(29-35)36-19-23-42-41-15-6-7-17-47(41)53-54(48(42)30-36)57-28-27-56-53)20-24-43(49)44-25-21-38(32-50(44)55)39-22-26-46-45-16-8-9-18-51(45)58(52(46)33-39)40-13-4-3-5-14-40/h3-20,22-24,26-33H,21,25H2,1-2H3. The van der Waals surface area contributed by atoms with E-state index in [9.17, 15) is 0 Å². The maximum atomic E-state index is 4.82. The Balaban J connectivity index is 0.906. The van der Waals surface area contributed by atoms with Gasteiger partial charge in [0.15, 0.2) is 0 Å². The first-order valence-corrected chi connectivity index (χ1v) is 20.4. The Hall–Kier alpha value is -7.10. The van der Waals surface area contributed by atoms with Crippen LogP contribution >= 0.6 is 0 Å². The van der Waals surface area contributed by atoms with Crippen LogP contribution in [0.1, 0.15) is 43.4 Å². The van der Waals surface area contributed by atoms with Crippen molar-refractivity contribution in [3.05, 3.63) is 198 Å². The van der Waals surface area contributed by atoms with Crippen molar-refractivity contribution in [2.45, 2.75) is 32.1 Å². The lowest BCUT2D eigenvalue weighted by molar-refractivity contribution is 0.652. The van der Waals surface area contributed by atoms with E-state index in [1.165, 1.54) is 93.9 Å². The van der Waals surface area contributed by atoms with Crippen LogP contribution in [0.3, 0.4) is 0 Å². The molecule has 2 aliphatic carbocycles. The number of para-hydroxylation sites is 2. The second kappa shape index (κ2) is 12.4. The molecule has 3 nitrogen and oxygen atoms in total. The molecule has 12 rings (SSSR count). The van der Waals surface area contributed by atoms with Crippen molar-refractivity contribution in [1.82, 2.24) is 14.5 Å². The Kier molecular flexibility index (Phi) is 7.10. The minimum absolute atomic E-state index is 0.115. The number of hydrogen-bond acceptors (Lipinski definition) is 2. The van der Waals surface area contributed by atoms with Crippen molar-refractivity contribution in [3.63, 3.8) is 0 Å². The fraction of sp³-hybridized carbons (Fsp3) is 0.0909. The number of rotatable bonds is 4. The summed E-state index contributed by atoms with van der Waals surface area (Å²) < 4.78 is 2.42. The molecule has 0 bridgehead atoms. The number of nitrogens with zero attached hydrogens (tertiary/aromatic N) is 3. The number of aromatic nitrogens is 3. The summed E-state index contributed by atoms with van der Waals surface area (Å²) in [6.07, 6.45) is 8.18. The van der Waals surface area contributed by atoms with Crippen molar-refractivity contribution in [2.24, 2.45) is 0 Å². The first-order chi connectivity index (χ1) is 28.5. The molecule has 0 aliphatic heterocycles. The van der Waals surface area contributed by atoms with Crippen LogP contribution in [0.15, 0.2) is 182 Å². The van der Waals surface area contributed by atoms with Gasteiger partial charge in [0, 0.05) is 45.0 Å². The Bertz CT molecular complexity index is 3380. The summed E-state index contributed by atoms with van der Waals surface area (Å²) in [5.41, 5.74) is 18.8. The summed E-state index contributed by atoms with van der Waals surface area (Å²) in [4.78, 5) is 9.59. The van der Waals surface area contributed by atoms with E-state index in [1.54, 1.807) is 12.4 Å². The van der Waals surface area contributed by atoms with Gasteiger partial charge in [-0.1, -0.05) is 135 Å². The number of allylic oxidation sites excluding steroid dienone is 4. The molecule has 2 aliphatic rings. The molecule has 58 heavy (non-hydrogen) atoms. The Labute approximate surface area is 337 Å². The lowest BCUT2D eigenvalue weighted by Gasteiger charge is -2.26. The normalized spacial score (nSPS) is 14.8. The maximum absolute atomic E-state index is 4.82. The SMILES string of the molecule is CC1(C)C2=C(CCC(c3ccc4c5ccccc5n(-c5ccccc5)c4c3)=C2)c2ccc(-c3cccc(-c4ccc5c6ccccc6c6nccnc6c5c4)c3)cc21. The Morgan fingerprint density at radius 3 is 1.91 bits per heavy atom. The molecule has 2 heterocycles. The lowest BCUT2D eigenvalue weighted by Crippen LogP contribution is -2.17. The lowest BCUT2D eigenvalue weighted by atomic mass is 9.77. The highest BCUT2D eigenvalue weighted by molar-refractivity contribution is 6.23.